The Hall–Kier alpha value is -4.09. The molecule has 11 nitrogen and oxygen atoms in total. The molecule has 2 heterocycles. The zero-order valence-corrected chi connectivity index (χ0v) is 22.9. The van der Waals surface area contributed by atoms with Crippen LogP contribution in [0.3, 0.4) is 0 Å². The van der Waals surface area contributed by atoms with Gasteiger partial charge >= 0.3 is 18.0 Å². The smallest absolute Gasteiger partial charge is 0.323 e. The van der Waals surface area contributed by atoms with E-state index < -0.39 is 18.0 Å². The lowest BCUT2D eigenvalue weighted by molar-refractivity contribution is -0.154. The highest BCUT2D eigenvalue weighted by molar-refractivity contribution is 6.30. The number of esters is 1. The van der Waals surface area contributed by atoms with Gasteiger partial charge in [-0.15, -0.1) is 0 Å². The number of aliphatic carboxylic acids is 1. The Bertz CT molecular complexity index is 1330. The Morgan fingerprint density at radius 3 is 2.55 bits per heavy atom. The summed E-state index contributed by atoms with van der Waals surface area (Å²) in [4.78, 5) is 37.3. The van der Waals surface area contributed by atoms with Gasteiger partial charge in [-0.05, 0) is 67.9 Å². The van der Waals surface area contributed by atoms with Gasteiger partial charge in [0.05, 0.1) is 18.5 Å². The lowest BCUT2D eigenvalue weighted by Gasteiger charge is -2.32. The molecule has 0 saturated carbocycles. The van der Waals surface area contributed by atoms with Gasteiger partial charge in [-0.3, -0.25) is 19.2 Å². The van der Waals surface area contributed by atoms with E-state index in [-0.39, 0.29) is 18.9 Å². The summed E-state index contributed by atoms with van der Waals surface area (Å²) in [5, 5.41) is 19.2. The zero-order chi connectivity index (χ0) is 28.5. The van der Waals surface area contributed by atoms with E-state index in [2.05, 4.69) is 20.6 Å². The maximum atomic E-state index is 12.6. The number of aromatic nitrogens is 2. The first-order valence-corrected chi connectivity index (χ1v) is 13.4. The quantitative estimate of drug-likeness (QED) is 0.284. The number of rotatable bonds is 11. The normalized spacial score (nSPS) is 15.3. The van der Waals surface area contributed by atoms with E-state index in [9.17, 15) is 14.4 Å². The number of aryl methyl sites for hydroxylation is 1. The number of halogens is 1. The molecule has 1 fully saturated rings. The molecule has 12 heteroatoms. The molecule has 1 atom stereocenters. The summed E-state index contributed by atoms with van der Waals surface area (Å²) in [5.41, 5.74) is 2.79. The van der Waals surface area contributed by atoms with Gasteiger partial charge in [0.25, 0.3) is 0 Å². The average molecular weight is 570 g/mol. The monoisotopic (exact) mass is 569 g/mol. The van der Waals surface area contributed by atoms with Crippen LogP contribution in [0.1, 0.15) is 25.7 Å². The van der Waals surface area contributed by atoms with Crippen molar-refractivity contribution >= 4 is 40.9 Å². The van der Waals surface area contributed by atoms with E-state index in [0.717, 1.165) is 30.6 Å². The van der Waals surface area contributed by atoms with Crippen LogP contribution in [0.2, 0.25) is 5.02 Å². The second-order valence-electron chi connectivity index (χ2n) is 9.43. The fourth-order valence-electron chi connectivity index (χ4n) is 4.45. The molecule has 0 aliphatic carbocycles. The SMILES string of the molecule is Cn1nccc1-c1cc(NC(=O)Nc2ccc(Cl)cc2)ccc1OCCN1CCC[C@H](OC(=O)CCC(=O)O)C1. The number of carboxylic acid groups (broad SMARTS) is 1. The molecule has 1 saturated heterocycles. The van der Waals surface area contributed by atoms with Crippen LogP contribution in [0.25, 0.3) is 11.3 Å². The summed E-state index contributed by atoms with van der Waals surface area (Å²) in [6.07, 6.45) is 2.70. The Kier molecular flexibility index (Phi) is 9.98. The van der Waals surface area contributed by atoms with E-state index >= 15 is 0 Å². The minimum absolute atomic E-state index is 0.126. The lowest BCUT2D eigenvalue weighted by Crippen LogP contribution is -2.42. The molecule has 40 heavy (non-hydrogen) atoms. The van der Waals surface area contributed by atoms with Crippen molar-refractivity contribution in [2.75, 3.05) is 36.9 Å². The molecule has 1 aliphatic rings. The number of ether oxygens (including phenoxy) is 2. The number of likely N-dealkylation sites (tertiary alicyclic amines) is 1. The van der Waals surface area contributed by atoms with Crippen molar-refractivity contribution in [1.82, 2.24) is 14.7 Å². The molecule has 2 aromatic carbocycles. The molecule has 0 unspecified atom stereocenters. The molecule has 212 valence electrons. The minimum Gasteiger partial charge on any atom is -0.492 e. The van der Waals surface area contributed by atoms with Crippen LogP contribution >= 0.6 is 11.6 Å². The Balaban J connectivity index is 1.35. The molecule has 4 rings (SSSR count). The summed E-state index contributed by atoms with van der Waals surface area (Å²) in [6.45, 7) is 2.45. The summed E-state index contributed by atoms with van der Waals surface area (Å²) in [7, 11) is 1.83. The number of nitrogens with zero attached hydrogens (tertiary/aromatic N) is 3. The molecule has 3 aromatic rings. The number of carbonyl (C=O) groups is 3. The van der Waals surface area contributed by atoms with Gasteiger partial charge in [-0.25, -0.2) is 4.79 Å². The third kappa shape index (κ3) is 8.45. The fraction of sp³-hybridized carbons (Fsp3) is 0.357. The zero-order valence-electron chi connectivity index (χ0n) is 22.1. The molecular weight excluding hydrogens is 538 g/mol. The van der Waals surface area contributed by atoms with Gasteiger partial charge in [0.1, 0.15) is 18.5 Å². The van der Waals surface area contributed by atoms with Gasteiger partial charge in [-0.1, -0.05) is 11.6 Å². The van der Waals surface area contributed by atoms with Crippen LogP contribution < -0.4 is 15.4 Å². The van der Waals surface area contributed by atoms with Gasteiger partial charge < -0.3 is 25.2 Å². The number of hydrogen-bond donors (Lipinski definition) is 3. The minimum atomic E-state index is -1.02. The molecule has 2 amide bonds. The summed E-state index contributed by atoms with van der Waals surface area (Å²) >= 11 is 5.91. The van der Waals surface area contributed by atoms with Crippen LogP contribution in [-0.2, 0) is 21.4 Å². The highest BCUT2D eigenvalue weighted by Crippen LogP contribution is 2.32. The second-order valence-corrected chi connectivity index (χ2v) is 9.87. The van der Waals surface area contributed by atoms with Gasteiger partial charge in [-0.2, -0.15) is 5.10 Å². The largest absolute Gasteiger partial charge is 0.492 e. The first-order valence-electron chi connectivity index (χ1n) is 13.0. The number of carboxylic acids is 1. The Morgan fingerprint density at radius 1 is 1.07 bits per heavy atom. The van der Waals surface area contributed by atoms with Crippen molar-refractivity contribution in [2.24, 2.45) is 7.05 Å². The number of piperidine rings is 1. The van der Waals surface area contributed by atoms with Gasteiger partial charge in [0.2, 0.25) is 0 Å². The summed E-state index contributed by atoms with van der Waals surface area (Å²) < 4.78 is 13.4. The van der Waals surface area contributed by atoms with Crippen LogP contribution in [0.5, 0.6) is 5.75 Å². The molecule has 3 N–H and O–H groups in total. The van der Waals surface area contributed by atoms with Crippen molar-refractivity contribution < 1.29 is 29.0 Å². The van der Waals surface area contributed by atoms with Crippen molar-refractivity contribution in [3.8, 4) is 17.0 Å². The number of carbonyl (C=O) groups excluding carboxylic acids is 2. The fourth-order valence-corrected chi connectivity index (χ4v) is 4.58. The van der Waals surface area contributed by atoms with Crippen LogP contribution in [0, 0.1) is 0 Å². The summed E-state index contributed by atoms with van der Waals surface area (Å²) in [6, 6.07) is 13.7. The van der Waals surface area contributed by atoms with Crippen LogP contribution in [-0.4, -0.2) is 70.1 Å². The first-order chi connectivity index (χ1) is 19.3. The first kappa shape index (κ1) is 28.9. The van der Waals surface area contributed by atoms with Gasteiger partial charge in [0.15, 0.2) is 0 Å². The van der Waals surface area contributed by atoms with E-state index in [0.29, 0.717) is 41.8 Å². The van der Waals surface area contributed by atoms with E-state index in [1.807, 2.05) is 25.2 Å². The Labute approximate surface area is 237 Å². The molecule has 1 aromatic heterocycles. The van der Waals surface area contributed by atoms with Crippen molar-refractivity contribution in [3.05, 3.63) is 59.8 Å². The van der Waals surface area contributed by atoms with Crippen molar-refractivity contribution in [2.45, 2.75) is 31.8 Å². The van der Waals surface area contributed by atoms with E-state index in [1.54, 1.807) is 41.2 Å². The third-order valence-electron chi connectivity index (χ3n) is 6.40. The van der Waals surface area contributed by atoms with Crippen molar-refractivity contribution in [1.29, 1.82) is 0 Å². The molecule has 0 bridgehead atoms. The number of amides is 2. The number of anilines is 2. The molecular formula is C28H32ClN5O6. The highest BCUT2D eigenvalue weighted by Gasteiger charge is 2.23. The predicted octanol–water partition coefficient (Wildman–Crippen LogP) is 4.64. The third-order valence-corrected chi connectivity index (χ3v) is 6.66. The van der Waals surface area contributed by atoms with Crippen LogP contribution in [0.15, 0.2) is 54.7 Å². The van der Waals surface area contributed by atoms with E-state index in [1.165, 1.54) is 0 Å². The molecule has 1 aliphatic heterocycles. The van der Waals surface area contributed by atoms with Crippen molar-refractivity contribution in [3.63, 3.8) is 0 Å². The summed E-state index contributed by atoms with van der Waals surface area (Å²) in [5.74, 6) is -0.863. The number of urea groups is 1. The maximum absolute atomic E-state index is 12.6. The number of hydrogen-bond acceptors (Lipinski definition) is 7. The predicted molar refractivity (Wildman–Crippen MR) is 151 cm³/mol. The molecule has 0 spiro atoms. The lowest BCUT2D eigenvalue weighted by atomic mass is 10.1. The Morgan fingerprint density at radius 2 is 1.82 bits per heavy atom. The number of nitrogens with one attached hydrogen (secondary N) is 2. The van der Waals surface area contributed by atoms with E-state index in [4.69, 9.17) is 26.2 Å². The van der Waals surface area contributed by atoms with Crippen LogP contribution in [0.4, 0.5) is 16.2 Å². The maximum Gasteiger partial charge on any atom is 0.323 e. The second kappa shape index (κ2) is 13.8. The number of benzene rings is 2. The standard InChI is InChI=1S/C28H32ClN5O6/c1-33-24(12-13-30-33)23-17-21(32-28(38)31-20-6-4-19(29)5-7-20)8-9-25(23)39-16-15-34-14-2-3-22(18-34)40-27(37)11-10-26(35)36/h4-9,12-13,17,22H,2-3,10-11,14-16,18H2,1H3,(H,35,36)(H2,31,32,38)/t22-/m0/s1. The van der Waals surface area contributed by atoms with Gasteiger partial charge in [0, 0.05) is 48.3 Å². The molecule has 0 radical (unpaired) electrons. The highest BCUT2D eigenvalue weighted by atomic mass is 35.5. The topological polar surface area (TPSA) is 135 Å². The average Bonchev–Trinajstić information content (AvgIpc) is 3.35.